The van der Waals surface area contributed by atoms with E-state index in [4.69, 9.17) is 24.4 Å². The molecule has 38 heavy (non-hydrogen) atoms. The van der Waals surface area contributed by atoms with Gasteiger partial charge >= 0.3 is 29.5 Å². The number of unbranched alkanes of at least 4 members (excludes halogenated alkanes) is 10. The van der Waals surface area contributed by atoms with Gasteiger partial charge in [-0.3, -0.25) is 13.4 Å². The first-order chi connectivity index (χ1) is 17.0. The minimum Gasteiger partial charge on any atom is -0.789 e. The minimum absolute atomic E-state index is 0. The summed E-state index contributed by atoms with van der Waals surface area (Å²) in [6.07, 6.45) is 11.4. The molecule has 0 aliphatic carbocycles. The van der Waals surface area contributed by atoms with Crippen molar-refractivity contribution in [1.82, 2.24) is 0 Å². The Balaban J connectivity index is -0.000000232. The number of hydrogen-bond donors (Lipinski definition) is 3. The molecular formula is C25H58O10P2Ti. The van der Waals surface area contributed by atoms with Crippen molar-refractivity contribution in [3.63, 3.8) is 0 Å². The summed E-state index contributed by atoms with van der Waals surface area (Å²) >= 11 is 0. The Kier molecular flexibility index (Phi) is 43.5. The Morgan fingerprint density at radius 3 is 1.05 bits per heavy atom. The number of aliphatic hydroxyl groups excluding tert-OH is 3. The summed E-state index contributed by atoms with van der Waals surface area (Å²) in [5, 5.41) is 24.2. The van der Waals surface area contributed by atoms with Gasteiger partial charge in [-0.1, -0.05) is 78.1 Å². The van der Waals surface area contributed by atoms with Crippen LogP contribution >= 0.6 is 15.6 Å². The molecule has 0 unspecified atom stereocenters. The van der Waals surface area contributed by atoms with Gasteiger partial charge in [-0.05, 0) is 54.4 Å². The van der Waals surface area contributed by atoms with E-state index in [9.17, 15) is 18.9 Å². The second kappa shape index (κ2) is 34.1. The van der Waals surface area contributed by atoms with E-state index in [1.807, 2.05) is 0 Å². The summed E-state index contributed by atoms with van der Waals surface area (Å²) < 4.78 is 37.1. The summed E-state index contributed by atoms with van der Waals surface area (Å²) in [5.41, 5.74) is 0. The summed E-state index contributed by atoms with van der Waals surface area (Å²) in [7, 11) is -9.79. The normalized spacial score (nSPS) is 11.2. The van der Waals surface area contributed by atoms with Crippen LogP contribution in [0.25, 0.3) is 0 Å². The number of phosphoric ester groups is 1. The molecule has 0 bridgehead atoms. The van der Waals surface area contributed by atoms with E-state index in [-0.39, 0.29) is 53.2 Å². The quantitative estimate of drug-likeness (QED) is 0.0951. The number of rotatable bonds is 18. The van der Waals surface area contributed by atoms with Crippen LogP contribution in [0.15, 0.2) is 0 Å². The Hall–Kier alpha value is 0.854. The first kappa shape index (κ1) is 48.6. The van der Waals surface area contributed by atoms with Gasteiger partial charge < -0.3 is 29.7 Å². The molecule has 10 nitrogen and oxygen atoms in total. The van der Waals surface area contributed by atoms with Crippen molar-refractivity contribution < 1.29 is 69.3 Å². The second-order valence-corrected chi connectivity index (χ2v) is 12.4. The molecular weight excluding hydrogens is 570 g/mol. The molecule has 0 fully saturated rings. The van der Waals surface area contributed by atoms with Gasteiger partial charge in [0.25, 0.3) is 0 Å². The zero-order valence-corrected chi connectivity index (χ0v) is 28.6. The van der Waals surface area contributed by atoms with Crippen LogP contribution in [-0.2, 0) is 44.2 Å². The van der Waals surface area contributed by atoms with Crippen LogP contribution in [0.1, 0.15) is 132 Å². The van der Waals surface area contributed by atoms with Gasteiger partial charge in [0.15, 0.2) is 0 Å². The van der Waals surface area contributed by atoms with E-state index in [1.165, 1.54) is 12.8 Å². The third-order valence-corrected chi connectivity index (χ3v) is 6.29. The average molecular weight is 629 g/mol. The molecule has 0 heterocycles. The molecule has 0 saturated carbocycles. The maximum absolute atomic E-state index is 12.3. The zero-order chi connectivity index (χ0) is 29.8. The van der Waals surface area contributed by atoms with Crippen molar-refractivity contribution in [1.29, 1.82) is 0 Å². The maximum Gasteiger partial charge on any atom is 2.00 e. The minimum atomic E-state index is -5.44. The fraction of sp³-hybridized carbons (Fsp3) is 1.00. The van der Waals surface area contributed by atoms with Crippen LogP contribution < -0.4 is 9.79 Å². The monoisotopic (exact) mass is 628 g/mol. The van der Waals surface area contributed by atoms with Gasteiger partial charge in [0.05, 0.1) is 21.0 Å². The van der Waals surface area contributed by atoms with Crippen LogP contribution in [0.2, 0.25) is 0 Å². The average Bonchev–Trinajstić information content (AvgIpc) is 2.70. The Labute approximate surface area is 248 Å². The number of phosphoric acid groups is 2. The summed E-state index contributed by atoms with van der Waals surface area (Å²) in [6.45, 7) is 14.7. The molecule has 0 aliphatic rings. The van der Waals surface area contributed by atoms with Gasteiger partial charge in [0.1, 0.15) is 0 Å². The van der Waals surface area contributed by atoms with Gasteiger partial charge in [0, 0.05) is 18.3 Å². The maximum atomic E-state index is 12.3. The largest absolute Gasteiger partial charge is 2.00 e. The molecule has 0 rings (SSSR count). The first-order valence-corrected chi connectivity index (χ1v) is 16.6. The summed E-state index contributed by atoms with van der Waals surface area (Å²) in [5.74, 6) is 0. The molecule has 232 valence electrons. The van der Waals surface area contributed by atoms with Crippen molar-refractivity contribution in [2.24, 2.45) is 0 Å². The van der Waals surface area contributed by atoms with E-state index in [0.717, 1.165) is 51.4 Å². The molecule has 0 amide bonds. The third-order valence-electron chi connectivity index (χ3n) is 3.69. The van der Waals surface area contributed by atoms with Crippen LogP contribution in [-0.4, -0.2) is 46.8 Å². The zero-order valence-electron chi connectivity index (χ0n) is 25.2. The van der Waals surface area contributed by atoms with Gasteiger partial charge in [-0.15, -0.1) is 0 Å². The van der Waals surface area contributed by atoms with Crippen LogP contribution in [0.5, 0.6) is 0 Å². The van der Waals surface area contributed by atoms with Gasteiger partial charge in [-0.25, -0.2) is 4.57 Å². The SMILES string of the molecule is CC(C)O.CC(C)O.CC(C)O.CCCCCCCCOP(=O)(OCCCCCCCC)OP(=O)([O-])[O-].[Ti+2]. The summed E-state index contributed by atoms with van der Waals surface area (Å²) in [4.78, 5) is 21.6. The molecule has 0 aromatic heterocycles. The molecule has 0 spiro atoms. The fourth-order valence-corrected chi connectivity index (χ4v) is 4.46. The molecule has 0 aromatic carbocycles. The molecule has 0 atom stereocenters. The first-order valence-electron chi connectivity index (χ1n) is 13.7. The number of hydrogen-bond acceptors (Lipinski definition) is 10. The Bertz CT molecular complexity index is 488. The van der Waals surface area contributed by atoms with E-state index in [2.05, 4.69) is 18.2 Å². The van der Waals surface area contributed by atoms with Crippen LogP contribution in [0.4, 0.5) is 0 Å². The van der Waals surface area contributed by atoms with Crippen molar-refractivity contribution in [3.8, 4) is 0 Å². The fourth-order valence-electron chi connectivity index (χ4n) is 2.32. The van der Waals surface area contributed by atoms with E-state index >= 15 is 0 Å². The standard InChI is InChI=1S/C16H36O7P2.3C3H8O.Ti/c1-3-5-7-9-11-13-15-21-25(20,23-24(17,18)19)22-16-14-12-10-8-6-4-2;3*1-3(2)4;/h3-16H2,1-2H3,(H2,17,18,19);3*3-4H,1-2H3;/q;;;;+2/p-2. The van der Waals surface area contributed by atoms with Crippen molar-refractivity contribution in [3.05, 3.63) is 0 Å². The van der Waals surface area contributed by atoms with Crippen molar-refractivity contribution >= 4 is 15.6 Å². The molecule has 0 radical (unpaired) electrons. The Morgan fingerprint density at radius 1 is 0.579 bits per heavy atom. The predicted molar refractivity (Wildman–Crippen MR) is 147 cm³/mol. The molecule has 0 aromatic rings. The van der Waals surface area contributed by atoms with Crippen molar-refractivity contribution in [2.45, 2.75) is 151 Å². The topological polar surface area (TPSA) is 169 Å². The Morgan fingerprint density at radius 2 is 0.816 bits per heavy atom. The molecule has 0 saturated heterocycles. The number of aliphatic hydroxyl groups is 3. The van der Waals surface area contributed by atoms with Crippen molar-refractivity contribution in [2.75, 3.05) is 13.2 Å². The second-order valence-electron chi connectivity index (χ2n) is 9.46. The van der Waals surface area contributed by atoms with Crippen LogP contribution in [0.3, 0.4) is 0 Å². The molecule has 3 N–H and O–H groups in total. The third kappa shape index (κ3) is 65.7. The summed E-state index contributed by atoms with van der Waals surface area (Å²) in [6, 6.07) is 0. The van der Waals surface area contributed by atoms with Gasteiger partial charge in [-0.2, -0.15) is 0 Å². The van der Waals surface area contributed by atoms with E-state index < -0.39 is 15.6 Å². The van der Waals surface area contributed by atoms with Crippen LogP contribution in [0, 0.1) is 0 Å². The smallest absolute Gasteiger partial charge is 0.789 e. The predicted octanol–water partition coefficient (Wildman–Crippen LogP) is 5.85. The van der Waals surface area contributed by atoms with E-state index in [0.29, 0.717) is 12.8 Å². The molecule has 13 heteroatoms. The molecule has 0 aliphatic heterocycles. The van der Waals surface area contributed by atoms with E-state index in [1.54, 1.807) is 41.5 Å². The van der Waals surface area contributed by atoms with Gasteiger partial charge in [0.2, 0.25) is 0 Å².